The van der Waals surface area contributed by atoms with Crippen molar-refractivity contribution in [2.24, 2.45) is 0 Å². The highest BCUT2D eigenvalue weighted by molar-refractivity contribution is 5.91. The van der Waals surface area contributed by atoms with E-state index in [0.29, 0.717) is 11.3 Å². The molecule has 0 radical (unpaired) electrons. The molecular weight excluding hydrogens is 407 g/mol. The summed E-state index contributed by atoms with van der Waals surface area (Å²) in [5.41, 5.74) is 2.15. The zero-order valence-corrected chi connectivity index (χ0v) is 17.5. The van der Waals surface area contributed by atoms with Crippen LogP contribution < -0.4 is 15.4 Å². The maximum atomic E-state index is 13.9. The van der Waals surface area contributed by atoms with Crippen molar-refractivity contribution < 1.29 is 14.2 Å². The molecule has 32 heavy (non-hydrogen) atoms. The summed E-state index contributed by atoms with van der Waals surface area (Å²) >= 11 is 0. The van der Waals surface area contributed by atoms with Gasteiger partial charge in [-0.2, -0.15) is 0 Å². The maximum Gasteiger partial charge on any atom is 0.165 e. The minimum absolute atomic E-state index is 0.0654. The summed E-state index contributed by atoms with van der Waals surface area (Å²) in [6.45, 7) is 1.59. The van der Waals surface area contributed by atoms with E-state index in [1.807, 2.05) is 36.4 Å². The Labute approximate surface area is 185 Å². The lowest BCUT2D eigenvalue weighted by Gasteiger charge is -2.22. The molecule has 3 N–H and O–H groups in total. The summed E-state index contributed by atoms with van der Waals surface area (Å²) in [7, 11) is 1.66. The molecule has 7 heteroatoms. The highest BCUT2D eigenvalue weighted by Gasteiger charge is 2.29. The Morgan fingerprint density at radius 3 is 2.78 bits per heavy atom. The van der Waals surface area contributed by atoms with Gasteiger partial charge in [-0.15, -0.1) is 0 Å². The number of halogens is 1. The fourth-order valence-corrected chi connectivity index (χ4v) is 4.22. The van der Waals surface area contributed by atoms with E-state index < -0.39 is 5.82 Å². The molecule has 162 valence electrons. The van der Waals surface area contributed by atoms with Gasteiger partial charge in [0.1, 0.15) is 23.1 Å². The Balaban J connectivity index is 1.55. The standard InChI is InChI=1S/C25H23FN4O2/c1-32-17-6-4-5-15(11-17)20-13-27-14-22(20)29-24-18-7-2-3-8-21(18)28-25(30-24)19-12-16(26)9-10-23(19)31/h2-12,20,22,27,31H,13-14H2,1H3,(H,28,29,30). The van der Waals surface area contributed by atoms with E-state index in [4.69, 9.17) is 9.72 Å². The van der Waals surface area contributed by atoms with Crippen LogP contribution >= 0.6 is 0 Å². The monoisotopic (exact) mass is 430 g/mol. The van der Waals surface area contributed by atoms with Crippen molar-refractivity contribution in [1.82, 2.24) is 15.3 Å². The lowest BCUT2D eigenvalue weighted by molar-refractivity contribution is 0.414. The second kappa shape index (κ2) is 8.43. The van der Waals surface area contributed by atoms with E-state index in [9.17, 15) is 9.50 Å². The lowest BCUT2D eigenvalue weighted by atomic mass is 9.94. The van der Waals surface area contributed by atoms with Crippen molar-refractivity contribution in [2.75, 3.05) is 25.5 Å². The Hall–Kier alpha value is -3.71. The molecule has 3 aromatic carbocycles. The fraction of sp³-hybridized carbons (Fsp3) is 0.200. The zero-order valence-electron chi connectivity index (χ0n) is 17.5. The summed E-state index contributed by atoms with van der Waals surface area (Å²) < 4.78 is 19.3. The van der Waals surface area contributed by atoms with Crippen LogP contribution in [0.1, 0.15) is 11.5 Å². The third-order valence-corrected chi connectivity index (χ3v) is 5.86. The minimum atomic E-state index is -0.456. The van der Waals surface area contributed by atoms with Gasteiger partial charge in [0, 0.05) is 30.4 Å². The van der Waals surface area contributed by atoms with Gasteiger partial charge in [0.2, 0.25) is 0 Å². The first kappa shape index (κ1) is 20.2. The fourth-order valence-electron chi connectivity index (χ4n) is 4.22. The highest BCUT2D eigenvalue weighted by Crippen LogP contribution is 2.33. The van der Waals surface area contributed by atoms with Gasteiger partial charge in [-0.1, -0.05) is 24.3 Å². The number of benzene rings is 3. The molecule has 0 spiro atoms. The molecule has 1 aliphatic rings. The average molecular weight is 430 g/mol. The number of nitrogens with one attached hydrogen (secondary N) is 2. The quantitative estimate of drug-likeness (QED) is 0.438. The minimum Gasteiger partial charge on any atom is -0.507 e. The smallest absolute Gasteiger partial charge is 0.165 e. The van der Waals surface area contributed by atoms with Crippen LogP contribution in [0.25, 0.3) is 22.3 Å². The van der Waals surface area contributed by atoms with Crippen molar-refractivity contribution in [3.63, 3.8) is 0 Å². The van der Waals surface area contributed by atoms with Gasteiger partial charge in [0.25, 0.3) is 0 Å². The van der Waals surface area contributed by atoms with E-state index in [1.165, 1.54) is 23.8 Å². The topological polar surface area (TPSA) is 79.3 Å². The second-order valence-corrected chi connectivity index (χ2v) is 7.87. The predicted octanol–water partition coefficient (Wildman–Crippen LogP) is 4.32. The number of nitrogens with zero attached hydrogens (tertiary/aromatic N) is 2. The molecule has 2 unspecified atom stereocenters. The number of fused-ring (bicyclic) bond motifs is 1. The molecule has 4 aromatic rings. The van der Waals surface area contributed by atoms with Gasteiger partial charge >= 0.3 is 0 Å². The van der Waals surface area contributed by atoms with Crippen molar-refractivity contribution in [2.45, 2.75) is 12.0 Å². The Morgan fingerprint density at radius 1 is 1.03 bits per heavy atom. The van der Waals surface area contributed by atoms with E-state index in [2.05, 4.69) is 27.8 Å². The van der Waals surface area contributed by atoms with E-state index in [0.717, 1.165) is 24.2 Å². The molecular formula is C25H23FN4O2. The van der Waals surface area contributed by atoms with Crippen LogP contribution in [-0.4, -0.2) is 41.3 Å². The molecule has 0 saturated carbocycles. The predicted molar refractivity (Wildman–Crippen MR) is 123 cm³/mol. The van der Waals surface area contributed by atoms with Crippen LogP contribution in [0.5, 0.6) is 11.5 Å². The number of hydrogen-bond acceptors (Lipinski definition) is 6. The van der Waals surface area contributed by atoms with Crippen molar-refractivity contribution >= 4 is 16.7 Å². The number of hydrogen-bond donors (Lipinski definition) is 3. The molecule has 1 fully saturated rings. The molecule has 5 rings (SSSR count). The first-order chi connectivity index (χ1) is 15.6. The number of aromatic nitrogens is 2. The molecule has 0 amide bonds. The van der Waals surface area contributed by atoms with Gasteiger partial charge in [-0.3, -0.25) is 0 Å². The zero-order chi connectivity index (χ0) is 22.1. The molecule has 1 aliphatic heterocycles. The average Bonchev–Trinajstić information content (AvgIpc) is 3.29. The highest BCUT2D eigenvalue weighted by atomic mass is 19.1. The Kier molecular flexibility index (Phi) is 5.33. The van der Waals surface area contributed by atoms with Crippen molar-refractivity contribution in [3.8, 4) is 22.9 Å². The number of aromatic hydroxyl groups is 1. The largest absolute Gasteiger partial charge is 0.507 e. The number of phenols is 1. The molecule has 2 heterocycles. The van der Waals surface area contributed by atoms with E-state index >= 15 is 0 Å². The van der Waals surface area contributed by atoms with Gasteiger partial charge in [0.15, 0.2) is 5.82 Å². The number of phenolic OH excluding ortho intramolecular Hbond substituents is 1. The Morgan fingerprint density at radius 2 is 1.91 bits per heavy atom. The van der Waals surface area contributed by atoms with Crippen LogP contribution in [0.15, 0.2) is 66.7 Å². The summed E-state index contributed by atoms with van der Waals surface area (Å²) in [5.74, 6) is 1.43. The molecule has 6 nitrogen and oxygen atoms in total. The maximum absolute atomic E-state index is 13.9. The third-order valence-electron chi connectivity index (χ3n) is 5.86. The van der Waals surface area contributed by atoms with E-state index in [1.54, 1.807) is 7.11 Å². The van der Waals surface area contributed by atoms with Gasteiger partial charge in [0.05, 0.1) is 18.2 Å². The van der Waals surface area contributed by atoms with Gasteiger partial charge in [-0.05, 0) is 48.0 Å². The summed E-state index contributed by atoms with van der Waals surface area (Å²) in [6, 6.07) is 19.6. The van der Waals surface area contributed by atoms with Crippen LogP contribution in [0.3, 0.4) is 0 Å². The summed E-state index contributed by atoms with van der Waals surface area (Å²) in [5, 5.41) is 18.2. The molecule has 1 aromatic heterocycles. The molecule has 2 atom stereocenters. The first-order valence-corrected chi connectivity index (χ1v) is 10.5. The number of rotatable bonds is 5. The third kappa shape index (κ3) is 3.83. The number of methoxy groups -OCH3 is 1. The van der Waals surface area contributed by atoms with Crippen molar-refractivity contribution in [1.29, 1.82) is 0 Å². The molecule has 0 aliphatic carbocycles. The number of para-hydroxylation sites is 1. The van der Waals surface area contributed by atoms with Crippen LogP contribution in [0, 0.1) is 5.82 Å². The van der Waals surface area contributed by atoms with Crippen molar-refractivity contribution in [3.05, 3.63) is 78.1 Å². The summed E-state index contributed by atoms with van der Waals surface area (Å²) in [4.78, 5) is 9.27. The number of ether oxygens (including phenoxy) is 1. The SMILES string of the molecule is COc1cccc(C2CNCC2Nc2nc(-c3cc(F)ccc3O)nc3ccccc23)c1. The Bertz CT molecular complexity index is 1280. The van der Waals surface area contributed by atoms with Gasteiger partial charge in [-0.25, -0.2) is 14.4 Å². The van der Waals surface area contributed by atoms with Crippen LogP contribution in [0.2, 0.25) is 0 Å². The van der Waals surface area contributed by atoms with Gasteiger partial charge < -0.3 is 20.5 Å². The molecule has 0 bridgehead atoms. The second-order valence-electron chi connectivity index (χ2n) is 7.87. The van der Waals surface area contributed by atoms with Crippen LogP contribution in [-0.2, 0) is 0 Å². The summed E-state index contributed by atoms with van der Waals surface area (Å²) in [6.07, 6.45) is 0. The number of anilines is 1. The lowest BCUT2D eigenvalue weighted by Crippen LogP contribution is -2.28. The van der Waals surface area contributed by atoms with Crippen LogP contribution in [0.4, 0.5) is 10.2 Å². The normalized spacial score (nSPS) is 18.1. The van der Waals surface area contributed by atoms with E-state index in [-0.39, 0.29) is 29.1 Å². The first-order valence-electron chi connectivity index (χ1n) is 10.5. The molecule has 1 saturated heterocycles.